The van der Waals surface area contributed by atoms with Gasteiger partial charge in [-0.2, -0.15) is 0 Å². The average Bonchev–Trinajstić information content (AvgIpc) is 2.92. The number of carbonyl (C=O) groups is 4. The minimum atomic E-state index is -0.790. The molecule has 0 saturated heterocycles. The molecule has 42 heavy (non-hydrogen) atoms. The number of rotatable bonds is 4. The Balaban J connectivity index is 1.82. The normalized spacial score (nSPS) is 12.6. The highest BCUT2D eigenvalue weighted by atomic mass is 16.2. The Bertz CT molecular complexity index is 1450. The first kappa shape index (κ1) is 32.1. The molecule has 3 aromatic carbocycles. The number of nitrogens with zero attached hydrogens (tertiary/aromatic N) is 4. The largest absolute Gasteiger partial charge is 0.295 e. The third kappa shape index (κ3) is 8.28. The second-order valence-corrected chi connectivity index (χ2v) is 13.3. The lowest BCUT2D eigenvalue weighted by molar-refractivity contribution is 0.0943. The summed E-state index contributed by atoms with van der Waals surface area (Å²) in [4.78, 5) is 51.0. The van der Waals surface area contributed by atoms with E-state index in [1.807, 2.05) is 45.0 Å². The van der Waals surface area contributed by atoms with Crippen molar-refractivity contribution >= 4 is 23.6 Å². The van der Waals surface area contributed by atoms with Crippen molar-refractivity contribution in [2.45, 2.75) is 78.6 Å². The molecule has 3 rings (SSSR count). The Kier molecular flexibility index (Phi) is 9.30. The van der Waals surface area contributed by atoms with Gasteiger partial charge in [-0.1, -0.05) is 86.6 Å². The molecule has 8 heteroatoms. The van der Waals surface area contributed by atoms with Gasteiger partial charge in [0.2, 0.25) is 0 Å². The molecule has 0 fully saturated rings. The molecule has 8 nitrogen and oxygen atoms in total. The first-order chi connectivity index (χ1) is 19.4. The molecular formula is C34H38N4O4. The van der Waals surface area contributed by atoms with Crippen LogP contribution in [0.2, 0.25) is 0 Å². The monoisotopic (exact) mass is 566 g/mol. The molecule has 0 radical (unpaired) electrons. The number of amides is 4. The van der Waals surface area contributed by atoms with Crippen LogP contribution in [-0.4, -0.2) is 23.6 Å². The summed E-state index contributed by atoms with van der Waals surface area (Å²) in [6, 6.07) is 18.5. The summed E-state index contributed by atoms with van der Waals surface area (Å²) < 4.78 is 0. The predicted molar refractivity (Wildman–Crippen MR) is 162 cm³/mol. The van der Waals surface area contributed by atoms with Gasteiger partial charge in [0.25, 0.3) is 23.6 Å². The van der Waals surface area contributed by atoms with Crippen molar-refractivity contribution in [1.29, 1.82) is 0 Å². The smallest absolute Gasteiger partial charge is 0.265 e. The van der Waals surface area contributed by atoms with Gasteiger partial charge in [-0.05, 0) is 75.4 Å². The topological polar surface area (TPSA) is 118 Å². The van der Waals surface area contributed by atoms with Gasteiger partial charge < -0.3 is 0 Å². The fourth-order valence-corrected chi connectivity index (χ4v) is 3.95. The fraction of sp³-hybridized carbons (Fsp3) is 0.353. The molecule has 0 heterocycles. The molecule has 0 unspecified atom stereocenters. The quantitative estimate of drug-likeness (QED) is 0.294. The van der Waals surface area contributed by atoms with Gasteiger partial charge in [0, 0.05) is 22.3 Å². The maximum absolute atomic E-state index is 12.9. The van der Waals surface area contributed by atoms with Gasteiger partial charge in [0.05, 0.1) is 0 Å². The lowest BCUT2D eigenvalue weighted by Crippen LogP contribution is -2.14. The van der Waals surface area contributed by atoms with Crippen molar-refractivity contribution in [1.82, 2.24) is 0 Å². The van der Waals surface area contributed by atoms with E-state index in [-0.39, 0.29) is 22.0 Å². The molecule has 4 amide bonds. The van der Waals surface area contributed by atoms with E-state index in [0.717, 1.165) is 11.1 Å². The van der Waals surface area contributed by atoms with Crippen LogP contribution in [0.5, 0.6) is 0 Å². The van der Waals surface area contributed by atoms with Crippen molar-refractivity contribution in [2.75, 3.05) is 0 Å². The number of hydrogen-bond acceptors (Lipinski definition) is 4. The fourth-order valence-electron chi connectivity index (χ4n) is 3.95. The molecule has 0 saturated carbocycles. The van der Waals surface area contributed by atoms with Crippen molar-refractivity contribution in [3.05, 3.63) is 106 Å². The zero-order chi connectivity index (χ0) is 31.5. The van der Waals surface area contributed by atoms with Crippen LogP contribution < -0.4 is 0 Å². The molecule has 0 aromatic heterocycles. The van der Waals surface area contributed by atoms with E-state index in [1.54, 1.807) is 36.4 Å². The molecule has 0 aliphatic rings. The Morgan fingerprint density at radius 3 is 0.905 bits per heavy atom. The molecule has 218 valence electrons. The highest BCUT2D eigenvalue weighted by Gasteiger charge is 2.21. The SMILES string of the molecule is CC(C)(C)c1ccc(C(=O)N=NC(=O)c2cc(C(=O)N=NC(=O)c3ccc(C(C)(C)C)cc3)cc(C(C)(C)C)c2)cc1. The van der Waals surface area contributed by atoms with Gasteiger partial charge in [-0.3, -0.25) is 19.2 Å². The zero-order valence-electron chi connectivity index (χ0n) is 25.8. The number of carbonyl (C=O) groups excluding carboxylic acids is 4. The van der Waals surface area contributed by atoms with E-state index in [9.17, 15) is 19.2 Å². The second-order valence-electron chi connectivity index (χ2n) is 13.3. The predicted octanol–water partition coefficient (Wildman–Crippen LogP) is 8.44. The number of azo groups is 2. The highest BCUT2D eigenvalue weighted by Crippen LogP contribution is 2.26. The molecular weight excluding hydrogens is 528 g/mol. The summed E-state index contributed by atoms with van der Waals surface area (Å²) in [6.45, 7) is 18.2. The zero-order valence-corrected chi connectivity index (χ0v) is 25.8. The Morgan fingerprint density at radius 2 is 0.643 bits per heavy atom. The van der Waals surface area contributed by atoms with E-state index < -0.39 is 29.0 Å². The summed E-state index contributed by atoms with van der Waals surface area (Å²) in [7, 11) is 0. The maximum atomic E-state index is 12.9. The molecule has 0 N–H and O–H groups in total. The van der Waals surface area contributed by atoms with E-state index in [2.05, 4.69) is 62.0 Å². The van der Waals surface area contributed by atoms with Gasteiger partial charge in [-0.25, -0.2) is 0 Å². The molecule has 0 aliphatic carbocycles. The summed E-state index contributed by atoms with van der Waals surface area (Å²) in [5.74, 6) is -2.90. The van der Waals surface area contributed by atoms with Crippen LogP contribution in [0.1, 0.15) is 120 Å². The van der Waals surface area contributed by atoms with Gasteiger partial charge in [0.1, 0.15) is 0 Å². The standard InChI is InChI=1S/C34H38N4O4/c1-32(2,3)25-14-10-21(11-15-25)28(39)35-37-30(41)23-18-24(20-27(19-23)34(7,8)9)31(42)38-36-29(40)22-12-16-26(17-13-22)33(4,5)6/h10-20H,1-9H3. The minimum absolute atomic E-state index is 0.0599. The minimum Gasteiger partial charge on any atom is -0.265 e. The van der Waals surface area contributed by atoms with E-state index in [0.29, 0.717) is 16.7 Å². The molecule has 0 spiro atoms. The third-order valence-electron chi connectivity index (χ3n) is 6.75. The number of hydrogen-bond donors (Lipinski definition) is 0. The second kappa shape index (κ2) is 12.2. The van der Waals surface area contributed by atoms with Gasteiger partial charge in [0.15, 0.2) is 0 Å². The van der Waals surface area contributed by atoms with Crippen LogP contribution in [0.15, 0.2) is 87.2 Å². The first-order valence-corrected chi connectivity index (χ1v) is 13.7. The average molecular weight is 567 g/mol. The van der Waals surface area contributed by atoms with Crippen LogP contribution in [0.4, 0.5) is 0 Å². The van der Waals surface area contributed by atoms with E-state index in [1.165, 1.54) is 6.07 Å². The van der Waals surface area contributed by atoms with E-state index in [4.69, 9.17) is 0 Å². The van der Waals surface area contributed by atoms with Gasteiger partial charge >= 0.3 is 0 Å². The Labute approximate surface area is 247 Å². The Morgan fingerprint density at radius 1 is 0.381 bits per heavy atom. The number of benzene rings is 3. The molecule has 0 atom stereocenters. The van der Waals surface area contributed by atoms with Crippen LogP contribution in [0.25, 0.3) is 0 Å². The van der Waals surface area contributed by atoms with Crippen molar-refractivity contribution in [3.8, 4) is 0 Å². The summed E-state index contributed by atoms with van der Waals surface area (Å²) in [6.07, 6.45) is 0. The molecule has 0 aliphatic heterocycles. The van der Waals surface area contributed by atoms with Crippen LogP contribution in [-0.2, 0) is 16.2 Å². The molecule has 3 aromatic rings. The van der Waals surface area contributed by atoms with Crippen LogP contribution >= 0.6 is 0 Å². The van der Waals surface area contributed by atoms with Crippen molar-refractivity contribution in [2.24, 2.45) is 20.5 Å². The lowest BCUT2D eigenvalue weighted by atomic mass is 9.85. The lowest BCUT2D eigenvalue weighted by Gasteiger charge is -2.20. The third-order valence-corrected chi connectivity index (χ3v) is 6.75. The highest BCUT2D eigenvalue weighted by molar-refractivity contribution is 6.02. The van der Waals surface area contributed by atoms with Crippen molar-refractivity contribution < 1.29 is 19.2 Å². The summed E-state index contributed by atoms with van der Waals surface area (Å²) >= 11 is 0. The summed E-state index contributed by atoms with van der Waals surface area (Å²) in [5, 5.41) is 14.5. The van der Waals surface area contributed by atoms with Crippen molar-refractivity contribution in [3.63, 3.8) is 0 Å². The Hall–Kier alpha value is -4.46. The van der Waals surface area contributed by atoms with E-state index >= 15 is 0 Å². The van der Waals surface area contributed by atoms with Crippen LogP contribution in [0, 0.1) is 0 Å². The van der Waals surface area contributed by atoms with Gasteiger partial charge in [-0.15, -0.1) is 20.5 Å². The molecule has 0 bridgehead atoms. The first-order valence-electron chi connectivity index (χ1n) is 13.7. The summed E-state index contributed by atoms with van der Waals surface area (Å²) in [5.41, 5.74) is 2.92. The maximum Gasteiger partial charge on any atom is 0.295 e. The van der Waals surface area contributed by atoms with Crippen LogP contribution in [0.3, 0.4) is 0 Å².